The number of hydrogen-bond acceptors (Lipinski definition) is 3. The lowest BCUT2D eigenvalue weighted by molar-refractivity contribution is 0.374. The Morgan fingerprint density at radius 1 is 0.411 bits per heavy atom. The second-order valence-corrected chi connectivity index (χ2v) is 14.8. The van der Waals surface area contributed by atoms with E-state index in [9.17, 15) is 0 Å². The van der Waals surface area contributed by atoms with Crippen LogP contribution >= 0.6 is 0 Å². The van der Waals surface area contributed by atoms with Gasteiger partial charge in [0, 0.05) is 39.7 Å². The number of aromatic nitrogens is 2. The topological polar surface area (TPSA) is 35.0 Å². The van der Waals surface area contributed by atoms with Crippen molar-refractivity contribution >= 4 is 0 Å². The lowest BCUT2D eigenvalue weighted by Gasteiger charge is -2.43. The molecule has 2 unspecified atom stereocenters. The number of rotatable bonds is 5. The Balaban J connectivity index is 1.03. The van der Waals surface area contributed by atoms with Crippen LogP contribution in [0.3, 0.4) is 0 Å². The van der Waals surface area contributed by atoms with Crippen LogP contribution in [0.5, 0.6) is 11.5 Å². The minimum absolute atomic E-state index is 0.226. The fourth-order valence-electron chi connectivity index (χ4n) is 9.40. The van der Waals surface area contributed by atoms with Gasteiger partial charge in [-0.25, -0.2) is 9.97 Å². The van der Waals surface area contributed by atoms with Crippen LogP contribution in [0.2, 0.25) is 0 Å². The summed E-state index contributed by atoms with van der Waals surface area (Å²) in [6.45, 7) is 0. The normalized spacial score (nSPS) is 18.4. The third-order valence-corrected chi connectivity index (χ3v) is 11.9. The molecular formula is C53H36N2O. The largest absolute Gasteiger partial charge is 0.457 e. The van der Waals surface area contributed by atoms with Crippen LogP contribution in [-0.2, 0) is 5.41 Å². The predicted octanol–water partition coefficient (Wildman–Crippen LogP) is 13.1. The molecule has 0 amide bonds. The summed E-state index contributed by atoms with van der Waals surface area (Å²) in [6.07, 6.45) is 9.21. The summed E-state index contributed by atoms with van der Waals surface area (Å²) in [4.78, 5) is 10.3. The summed E-state index contributed by atoms with van der Waals surface area (Å²) in [5, 5.41) is 0. The maximum absolute atomic E-state index is 6.70. The van der Waals surface area contributed by atoms with E-state index in [1.54, 1.807) is 0 Å². The molecule has 3 aliphatic rings. The van der Waals surface area contributed by atoms with Crippen molar-refractivity contribution in [3.05, 3.63) is 229 Å². The highest BCUT2D eigenvalue weighted by atomic mass is 16.5. The highest BCUT2D eigenvalue weighted by molar-refractivity contribution is 5.84. The van der Waals surface area contributed by atoms with E-state index in [0.717, 1.165) is 61.8 Å². The van der Waals surface area contributed by atoms with Crippen LogP contribution in [0.4, 0.5) is 0 Å². The zero-order valence-corrected chi connectivity index (χ0v) is 30.6. The van der Waals surface area contributed by atoms with Gasteiger partial charge in [-0.3, -0.25) is 0 Å². The van der Waals surface area contributed by atoms with Gasteiger partial charge in [0.25, 0.3) is 0 Å². The van der Waals surface area contributed by atoms with Gasteiger partial charge >= 0.3 is 0 Å². The molecule has 7 aromatic carbocycles. The van der Waals surface area contributed by atoms with Crippen molar-refractivity contribution in [2.24, 2.45) is 5.92 Å². The van der Waals surface area contributed by atoms with Gasteiger partial charge in [0.05, 0.1) is 16.8 Å². The molecule has 0 radical (unpaired) electrons. The van der Waals surface area contributed by atoms with Crippen LogP contribution in [-0.4, -0.2) is 9.97 Å². The maximum atomic E-state index is 6.70. The Labute approximate surface area is 327 Å². The quantitative estimate of drug-likeness (QED) is 0.178. The molecule has 0 N–H and O–H groups in total. The van der Waals surface area contributed by atoms with Crippen molar-refractivity contribution in [3.63, 3.8) is 0 Å². The molecule has 3 atom stereocenters. The smallest absolute Gasteiger partial charge is 0.160 e. The summed E-state index contributed by atoms with van der Waals surface area (Å²) < 4.78 is 6.70. The summed E-state index contributed by atoms with van der Waals surface area (Å²) in [5.41, 5.74) is 14.2. The molecule has 11 rings (SSSR count). The summed E-state index contributed by atoms with van der Waals surface area (Å²) in [7, 11) is 0. The first-order valence-electron chi connectivity index (χ1n) is 19.3. The summed E-state index contributed by atoms with van der Waals surface area (Å²) in [5.74, 6) is 3.06. The third-order valence-electron chi connectivity index (χ3n) is 11.9. The third kappa shape index (κ3) is 5.05. The van der Waals surface area contributed by atoms with Crippen molar-refractivity contribution in [1.82, 2.24) is 9.97 Å². The molecule has 0 saturated carbocycles. The summed E-state index contributed by atoms with van der Waals surface area (Å²) in [6, 6.07) is 64.6. The van der Waals surface area contributed by atoms with Gasteiger partial charge in [-0.15, -0.1) is 0 Å². The molecule has 8 aromatic rings. The average Bonchev–Trinajstić information content (AvgIpc) is 3.57. The van der Waals surface area contributed by atoms with Crippen LogP contribution in [0.25, 0.3) is 56.2 Å². The van der Waals surface area contributed by atoms with Crippen LogP contribution in [0.1, 0.15) is 28.2 Å². The van der Waals surface area contributed by atoms with E-state index in [-0.39, 0.29) is 17.3 Å². The maximum Gasteiger partial charge on any atom is 0.160 e. The zero-order chi connectivity index (χ0) is 37.1. The lowest BCUT2D eigenvalue weighted by Crippen LogP contribution is -2.37. The molecular weight excluding hydrogens is 681 g/mol. The van der Waals surface area contributed by atoms with Crippen molar-refractivity contribution in [2.75, 3.05) is 0 Å². The predicted molar refractivity (Wildman–Crippen MR) is 227 cm³/mol. The Bertz CT molecular complexity index is 2840. The molecule has 0 bridgehead atoms. The molecule has 3 nitrogen and oxygen atoms in total. The van der Waals surface area contributed by atoms with Gasteiger partial charge in [0.1, 0.15) is 11.5 Å². The van der Waals surface area contributed by atoms with Gasteiger partial charge in [-0.2, -0.15) is 0 Å². The molecule has 1 aliphatic heterocycles. The molecule has 264 valence electrons. The van der Waals surface area contributed by atoms with E-state index in [2.05, 4.69) is 188 Å². The standard InChI is InChI=1S/C53H36N2O/c1-3-15-36(16-4-1)40-19-7-8-22-43(40)49-34-48(54-52(55-49)38-17-5-2-6-18-38)37-29-27-35(28-30-37)39-31-32-51-47(33-39)53(46-25-13-14-26-50(46)56-51)44-23-11-9-20-41(44)42-21-10-12-24-45(42)53/h1-34,41,44H/t41-,44?,53?/m0/s1. The first-order valence-corrected chi connectivity index (χ1v) is 19.3. The van der Waals surface area contributed by atoms with Crippen molar-refractivity contribution in [1.29, 1.82) is 0 Å². The Hall–Kier alpha value is -7.10. The monoisotopic (exact) mass is 716 g/mol. The SMILES string of the molecule is C1=CC2[C@@H](C=C1)c1ccccc1C21c2ccccc2Oc2ccc(-c3ccc(-c4cc(-c5ccccc5-c5ccccc5)nc(-c5ccccc5)n4)cc3)cc21. The number of para-hydroxylation sites is 1. The number of hydrogen-bond donors (Lipinski definition) is 0. The fourth-order valence-corrected chi connectivity index (χ4v) is 9.40. The minimum Gasteiger partial charge on any atom is -0.457 e. The van der Waals surface area contributed by atoms with Gasteiger partial charge < -0.3 is 4.74 Å². The average molecular weight is 717 g/mol. The first-order chi connectivity index (χ1) is 27.8. The van der Waals surface area contributed by atoms with E-state index in [1.807, 2.05) is 18.2 Å². The van der Waals surface area contributed by atoms with Gasteiger partial charge in [-0.1, -0.05) is 182 Å². The van der Waals surface area contributed by atoms with Crippen molar-refractivity contribution < 1.29 is 4.74 Å². The molecule has 1 aromatic heterocycles. The zero-order valence-electron chi connectivity index (χ0n) is 30.6. The van der Waals surface area contributed by atoms with Crippen LogP contribution < -0.4 is 4.74 Å². The Kier molecular flexibility index (Phi) is 7.53. The molecule has 3 heteroatoms. The van der Waals surface area contributed by atoms with Gasteiger partial charge in [-0.05, 0) is 57.6 Å². The van der Waals surface area contributed by atoms with Gasteiger partial charge in [0.15, 0.2) is 5.82 Å². The number of fused-ring (bicyclic) bond motifs is 9. The number of benzene rings is 7. The van der Waals surface area contributed by atoms with E-state index in [4.69, 9.17) is 14.7 Å². The summed E-state index contributed by atoms with van der Waals surface area (Å²) >= 11 is 0. The van der Waals surface area contributed by atoms with Crippen molar-refractivity contribution in [3.8, 4) is 67.7 Å². The van der Waals surface area contributed by atoms with Gasteiger partial charge in [0.2, 0.25) is 0 Å². The Morgan fingerprint density at radius 2 is 1.02 bits per heavy atom. The first kappa shape index (κ1) is 32.3. The Morgan fingerprint density at radius 3 is 1.84 bits per heavy atom. The van der Waals surface area contributed by atoms with Crippen LogP contribution in [0, 0.1) is 5.92 Å². The molecule has 2 heterocycles. The van der Waals surface area contributed by atoms with E-state index in [0.29, 0.717) is 5.82 Å². The molecule has 2 aliphatic carbocycles. The molecule has 0 fully saturated rings. The highest BCUT2D eigenvalue weighted by Gasteiger charge is 2.56. The second kappa shape index (κ2) is 13.0. The van der Waals surface area contributed by atoms with Crippen LogP contribution in [0.15, 0.2) is 206 Å². The number of nitrogens with zero attached hydrogens (tertiary/aromatic N) is 2. The van der Waals surface area contributed by atoms with E-state index in [1.165, 1.54) is 22.3 Å². The molecule has 56 heavy (non-hydrogen) atoms. The van der Waals surface area contributed by atoms with E-state index < -0.39 is 0 Å². The van der Waals surface area contributed by atoms with Crippen molar-refractivity contribution in [2.45, 2.75) is 11.3 Å². The number of allylic oxidation sites excluding steroid dienone is 4. The highest BCUT2D eigenvalue weighted by Crippen LogP contribution is 2.64. The lowest BCUT2D eigenvalue weighted by atomic mass is 9.61. The molecule has 0 saturated heterocycles. The second-order valence-electron chi connectivity index (χ2n) is 14.8. The number of ether oxygens (including phenoxy) is 1. The minimum atomic E-state index is -0.385. The van der Waals surface area contributed by atoms with E-state index >= 15 is 0 Å². The fraction of sp³-hybridized carbons (Fsp3) is 0.0566. The molecule has 1 spiro atoms.